The fourth-order valence-electron chi connectivity index (χ4n) is 1.71. The van der Waals surface area contributed by atoms with E-state index in [9.17, 15) is 9.59 Å². The number of carbonyl (C=O) groups is 2. The smallest absolute Gasteiger partial charge is 0.311 e. The number of hydrogen-bond acceptors (Lipinski definition) is 3. The zero-order valence-corrected chi connectivity index (χ0v) is 10.4. The lowest BCUT2D eigenvalue weighted by Gasteiger charge is -2.05. The van der Waals surface area contributed by atoms with Crippen LogP contribution in [0.5, 0.6) is 5.75 Å². The largest absolute Gasteiger partial charge is 0.427 e. The zero-order valence-electron chi connectivity index (χ0n) is 10.4. The van der Waals surface area contributed by atoms with Crippen molar-refractivity contribution in [3.63, 3.8) is 0 Å². The number of rotatable bonds is 5. The van der Waals surface area contributed by atoms with Crippen molar-refractivity contribution in [3.8, 4) is 16.9 Å². The van der Waals surface area contributed by atoms with Crippen LogP contribution in [0.4, 0.5) is 0 Å². The van der Waals surface area contributed by atoms with Gasteiger partial charge in [0.25, 0.3) is 0 Å². The molecule has 0 heterocycles. The minimum Gasteiger partial charge on any atom is -0.427 e. The van der Waals surface area contributed by atoms with E-state index in [1.54, 1.807) is 12.1 Å². The molecule has 0 radical (unpaired) electrons. The van der Waals surface area contributed by atoms with Crippen LogP contribution in [0.25, 0.3) is 11.1 Å². The summed E-state index contributed by atoms with van der Waals surface area (Å²) < 4.78 is 5.11. The Bertz CT molecular complexity index is 544. The molecule has 2 rings (SSSR count). The molecule has 2 aromatic carbocycles. The first kappa shape index (κ1) is 13.0. The number of carbonyl (C=O) groups excluding carboxylic acids is 2. The maximum atomic E-state index is 11.3. The van der Waals surface area contributed by atoms with Crippen LogP contribution in [0.1, 0.15) is 12.8 Å². The van der Waals surface area contributed by atoms with Crippen LogP contribution in [0.2, 0.25) is 0 Å². The van der Waals surface area contributed by atoms with Gasteiger partial charge in [0.15, 0.2) is 0 Å². The van der Waals surface area contributed by atoms with Crippen molar-refractivity contribution >= 4 is 12.3 Å². The molecule has 19 heavy (non-hydrogen) atoms. The lowest BCUT2D eigenvalue weighted by Crippen LogP contribution is -2.07. The highest BCUT2D eigenvalue weighted by molar-refractivity contribution is 5.75. The summed E-state index contributed by atoms with van der Waals surface area (Å²) in [5.41, 5.74) is 2.18. The first-order chi connectivity index (χ1) is 9.29. The molecule has 0 unspecified atom stereocenters. The topological polar surface area (TPSA) is 43.4 Å². The molecule has 3 heteroatoms. The van der Waals surface area contributed by atoms with Crippen LogP contribution < -0.4 is 4.74 Å². The van der Waals surface area contributed by atoms with Gasteiger partial charge in [-0.15, -0.1) is 0 Å². The number of ether oxygens (including phenoxy) is 1. The lowest BCUT2D eigenvalue weighted by atomic mass is 10.1. The summed E-state index contributed by atoms with van der Waals surface area (Å²) >= 11 is 0. The Kier molecular flexibility index (Phi) is 4.45. The number of benzene rings is 2. The Morgan fingerprint density at radius 3 is 2.21 bits per heavy atom. The molecule has 0 fully saturated rings. The molecule has 0 aliphatic heterocycles. The molecular weight excluding hydrogens is 240 g/mol. The van der Waals surface area contributed by atoms with Gasteiger partial charge >= 0.3 is 5.97 Å². The molecule has 0 saturated carbocycles. The normalized spacial score (nSPS) is 9.89. The Hall–Kier alpha value is -2.42. The number of hydrogen-bond donors (Lipinski definition) is 0. The molecule has 2 aromatic rings. The van der Waals surface area contributed by atoms with Crippen LogP contribution in [0, 0.1) is 0 Å². The van der Waals surface area contributed by atoms with E-state index < -0.39 is 0 Å². The summed E-state index contributed by atoms with van der Waals surface area (Å²) in [5.74, 6) is 0.107. The second-order valence-electron chi connectivity index (χ2n) is 4.07. The fraction of sp³-hybridized carbons (Fsp3) is 0.125. The van der Waals surface area contributed by atoms with Gasteiger partial charge in [-0.3, -0.25) is 4.79 Å². The van der Waals surface area contributed by atoms with E-state index in [0.29, 0.717) is 12.0 Å². The first-order valence-corrected chi connectivity index (χ1v) is 6.09. The first-order valence-electron chi connectivity index (χ1n) is 6.09. The van der Waals surface area contributed by atoms with E-state index in [1.165, 1.54) is 0 Å². The van der Waals surface area contributed by atoms with Gasteiger partial charge in [0.2, 0.25) is 0 Å². The van der Waals surface area contributed by atoms with Crippen molar-refractivity contribution in [3.05, 3.63) is 54.6 Å². The summed E-state index contributed by atoms with van der Waals surface area (Å²) in [7, 11) is 0. The molecule has 0 aliphatic rings. The van der Waals surface area contributed by atoms with Gasteiger partial charge in [-0.05, 0) is 23.3 Å². The minimum atomic E-state index is -0.389. The van der Waals surface area contributed by atoms with Crippen molar-refractivity contribution in [2.24, 2.45) is 0 Å². The van der Waals surface area contributed by atoms with E-state index in [2.05, 4.69) is 0 Å². The van der Waals surface area contributed by atoms with Crippen LogP contribution in [-0.2, 0) is 9.59 Å². The summed E-state index contributed by atoms with van der Waals surface area (Å²) in [6.45, 7) is 0. The van der Waals surface area contributed by atoms with E-state index >= 15 is 0 Å². The molecular formula is C16H14O3. The van der Waals surface area contributed by atoms with Crippen LogP contribution in [0.15, 0.2) is 54.6 Å². The molecule has 0 N–H and O–H groups in total. The summed E-state index contributed by atoms with van der Waals surface area (Å²) in [6, 6.07) is 17.3. The van der Waals surface area contributed by atoms with Gasteiger partial charge in [-0.25, -0.2) is 0 Å². The summed E-state index contributed by atoms with van der Waals surface area (Å²) in [4.78, 5) is 21.5. The average Bonchev–Trinajstić information content (AvgIpc) is 2.47. The minimum absolute atomic E-state index is 0.115. The highest BCUT2D eigenvalue weighted by atomic mass is 16.5. The highest BCUT2D eigenvalue weighted by Crippen LogP contribution is 2.22. The van der Waals surface area contributed by atoms with E-state index in [1.807, 2.05) is 42.5 Å². The predicted molar refractivity (Wildman–Crippen MR) is 72.8 cm³/mol. The third kappa shape index (κ3) is 3.78. The Balaban J connectivity index is 2.03. The van der Waals surface area contributed by atoms with Crippen molar-refractivity contribution in [2.75, 3.05) is 0 Å². The summed E-state index contributed by atoms with van der Waals surface area (Å²) in [5, 5.41) is 0. The van der Waals surface area contributed by atoms with Crippen molar-refractivity contribution < 1.29 is 14.3 Å². The van der Waals surface area contributed by atoms with Gasteiger partial charge in [-0.1, -0.05) is 42.5 Å². The molecule has 0 aliphatic carbocycles. The third-order valence-corrected chi connectivity index (χ3v) is 2.66. The zero-order chi connectivity index (χ0) is 13.5. The third-order valence-electron chi connectivity index (χ3n) is 2.66. The van der Waals surface area contributed by atoms with E-state index in [4.69, 9.17) is 4.74 Å². The second kappa shape index (κ2) is 6.50. The van der Waals surface area contributed by atoms with Crippen LogP contribution >= 0.6 is 0 Å². The van der Waals surface area contributed by atoms with Gasteiger partial charge in [0.05, 0.1) is 6.42 Å². The second-order valence-corrected chi connectivity index (χ2v) is 4.07. The average molecular weight is 254 g/mol. The molecule has 0 amide bonds. The van der Waals surface area contributed by atoms with Gasteiger partial charge in [-0.2, -0.15) is 0 Å². The number of aldehydes is 1. The van der Waals surface area contributed by atoms with Gasteiger partial charge in [0, 0.05) is 6.42 Å². The molecule has 0 spiro atoms. The van der Waals surface area contributed by atoms with Gasteiger partial charge in [0.1, 0.15) is 12.0 Å². The Morgan fingerprint density at radius 1 is 0.947 bits per heavy atom. The molecule has 96 valence electrons. The van der Waals surface area contributed by atoms with E-state index in [0.717, 1.165) is 11.1 Å². The molecule has 3 nitrogen and oxygen atoms in total. The number of esters is 1. The molecule has 0 saturated heterocycles. The van der Waals surface area contributed by atoms with E-state index in [-0.39, 0.29) is 18.8 Å². The highest BCUT2D eigenvalue weighted by Gasteiger charge is 2.04. The maximum Gasteiger partial charge on any atom is 0.311 e. The maximum absolute atomic E-state index is 11.3. The lowest BCUT2D eigenvalue weighted by molar-refractivity contribution is -0.135. The van der Waals surface area contributed by atoms with Crippen LogP contribution in [-0.4, -0.2) is 12.3 Å². The Labute approximate surface area is 111 Å². The molecule has 0 aromatic heterocycles. The van der Waals surface area contributed by atoms with Gasteiger partial charge < -0.3 is 9.53 Å². The Morgan fingerprint density at radius 2 is 1.58 bits per heavy atom. The molecule has 0 atom stereocenters. The SMILES string of the molecule is O=CCCC(=O)Oc1ccc(-c2ccccc2)cc1. The quantitative estimate of drug-likeness (QED) is 0.467. The van der Waals surface area contributed by atoms with Crippen molar-refractivity contribution in [2.45, 2.75) is 12.8 Å². The standard InChI is InChI=1S/C16H14O3/c17-12-4-7-16(18)19-15-10-8-14(9-11-15)13-5-2-1-3-6-13/h1-3,5-6,8-12H,4,7H2. The molecule has 0 bridgehead atoms. The van der Waals surface area contributed by atoms with Crippen LogP contribution in [0.3, 0.4) is 0 Å². The fourth-order valence-corrected chi connectivity index (χ4v) is 1.71. The van der Waals surface area contributed by atoms with Crippen molar-refractivity contribution in [1.82, 2.24) is 0 Å². The van der Waals surface area contributed by atoms with Crippen molar-refractivity contribution in [1.29, 1.82) is 0 Å². The summed E-state index contributed by atoms with van der Waals surface area (Å²) in [6.07, 6.45) is 1.02. The monoisotopic (exact) mass is 254 g/mol. The predicted octanol–water partition coefficient (Wildman–Crippen LogP) is 3.24.